The number of carbonyl (C=O) groups excluding carboxylic acids is 1. The molecule has 0 aliphatic carbocycles. The third kappa shape index (κ3) is 2.70. The molecular weight excluding hydrogens is 334 g/mol. The third-order valence-electron chi connectivity index (χ3n) is 4.78. The van der Waals surface area contributed by atoms with Crippen LogP contribution in [0.25, 0.3) is 44.1 Å². The fourth-order valence-corrected chi connectivity index (χ4v) is 3.45. The minimum Gasteiger partial charge on any atom is -0.433 e. The van der Waals surface area contributed by atoms with Gasteiger partial charge >= 0.3 is 0 Å². The average Bonchev–Trinajstić information content (AvgIpc) is 3.17. The van der Waals surface area contributed by atoms with E-state index in [2.05, 4.69) is 53.5 Å². The molecule has 0 saturated heterocycles. The Balaban J connectivity index is 1.72. The maximum absolute atomic E-state index is 11.3. The predicted molar refractivity (Wildman–Crippen MR) is 108 cm³/mol. The molecule has 0 aliphatic rings. The number of hydrogen-bond donors (Lipinski definition) is 0. The smallest absolute Gasteiger partial charge is 0.260 e. The summed E-state index contributed by atoms with van der Waals surface area (Å²) in [5, 5.41) is 4.55. The summed E-state index contributed by atoms with van der Waals surface area (Å²) in [5.74, 6) is 0.694. The molecule has 0 unspecified atom stereocenters. The molecule has 1 aromatic heterocycles. The van der Waals surface area contributed by atoms with Gasteiger partial charge in [-0.25, -0.2) is 4.98 Å². The van der Waals surface area contributed by atoms with E-state index in [1.807, 2.05) is 36.4 Å². The number of carbonyl (C=O) groups is 1. The van der Waals surface area contributed by atoms with Crippen molar-refractivity contribution in [2.45, 2.75) is 0 Å². The van der Waals surface area contributed by atoms with Crippen LogP contribution in [0.3, 0.4) is 0 Å². The molecule has 3 nitrogen and oxygen atoms in total. The molecular formula is C24H15NO2. The Labute approximate surface area is 155 Å². The van der Waals surface area contributed by atoms with Crippen LogP contribution >= 0.6 is 0 Å². The topological polar surface area (TPSA) is 43.1 Å². The number of rotatable bonds is 3. The van der Waals surface area contributed by atoms with Gasteiger partial charge in [-0.3, -0.25) is 4.79 Å². The molecule has 1 heterocycles. The fraction of sp³-hybridized carbons (Fsp3) is 0. The molecule has 0 atom stereocenters. The van der Waals surface area contributed by atoms with E-state index in [4.69, 9.17) is 4.42 Å². The molecule has 0 aliphatic heterocycles. The zero-order valence-electron chi connectivity index (χ0n) is 14.4. The molecule has 27 heavy (non-hydrogen) atoms. The molecule has 0 N–H and O–H groups in total. The van der Waals surface area contributed by atoms with Crippen molar-refractivity contribution < 1.29 is 9.21 Å². The van der Waals surface area contributed by atoms with Crippen molar-refractivity contribution >= 4 is 27.8 Å². The Hall–Kier alpha value is -3.72. The first-order chi connectivity index (χ1) is 13.3. The summed E-state index contributed by atoms with van der Waals surface area (Å²) in [6.45, 7) is 0. The molecule has 0 amide bonds. The van der Waals surface area contributed by atoms with Crippen molar-refractivity contribution in [2.24, 2.45) is 0 Å². The van der Waals surface area contributed by atoms with Gasteiger partial charge in [-0.05, 0) is 33.7 Å². The van der Waals surface area contributed by atoms with E-state index in [9.17, 15) is 4.79 Å². The van der Waals surface area contributed by atoms with Crippen molar-refractivity contribution in [3.8, 4) is 22.6 Å². The molecule has 0 spiro atoms. The van der Waals surface area contributed by atoms with Crippen LogP contribution in [-0.2, 0) is 0 Å². The molecule has 0 saturated carbocycles. The number of nitrogens with zero attached hydrogens (tertiary/aromatic N) is 1. The Morgan fingerprint density at radius 2 is 1.22 bits per heavy atom. The van der Waals surface area contributed by atoms with Crippen LogP contribution in [0.5, 0.6) is 0 Å². The van der Waals surface area contributed by atoms with E-state index in [1.54, 1.807) is 0 Å². The normalized spacial score (nSPS) is 11.1. The molecule has 5 aromatic rings. The maximum atomic E-state index is 11.3. The van der Waals surface area contributed by atoms with Crippen molar-refractivity contribution in [1.82, 2.24) is 4.98 Å². The third-order valence-corrected chi connectivity index (χ3v) is 4.78. The Morgan fingerprint density at radius 3 is 1.85 bits per heavy atom. The Kier molecular flexibility index (Phi) is 3.58. The lowest BCUT2D eigenvalue weighted by Gasteiger charge is -2.05. The molecule has 4 aromatic carbocycles. The highest BCUT2D eigenvalue weighted by atomic mass is 16.4. The van der Waals surface area contributed by atoms with Gasteiger partial charge in [-0.1, -0.05) is 72.8 Å². The lowest BCUT2D eigenvalue weighted by Crippen LogP contribution is -1.84. The van der Waals surface area contributed by atoms with Crippen LogP contribution in [-0.4, -0.2) is 11.3 Å². The van der Waals surface area contributed by atoms with Gasteiger partial charge in [0.15, 0.2) is 5.76 Å². The van der Waals surface area contributed by atoms with E-state index in [1.165, 1.54) is 0 Å². The Bertz CT molecular complexity index is 1200. The van der Waals surface area contributed by atoms with Gasteiger partial charge in [0.2, 0.25) is 6.29 Å². The quantitative estimate of drug-likeness (QED) is 0.368. The first-order valence-electron chi connectivity index (χ1n) is 8.76. The van der Waals surface area contributed by atoms with Crippen molar-refractivity contribution in [3.63, 3.8) is 0 Å². The van der Waals surface area contributed by atoms with E-state index < -0.39 is 0 Å². The molecule has 0 radical (unpaired) electrons. The molecule has 0 bridgehead atoms. The minimum absolute atomic E-state index is 0.0846. The zero-order valence-corrected chi connectivity index (χ0v) is 14.4. The van der Waals surface area contributed by atoms with Crippen LogP contribution in [0.4, 0.5) is 0 Å². The monoisotopic (exact) mass is 349 g/mol. The van der Waals surface area contributed by atoms with E-state index in [0.717, 1.165) is 32.7 Å². The molecule has 3 heteroatoms. The number of aldehydes is 1. The van der Waals surface area contributed by atoms with Crippen LogP contribution in [0, 0.1) is 0 Å². The van der Waals surface area contributed by atoms with Crippen LogP contribution < -0.4 is 0 Å². The molecule has 128 valence electrons. The van der Waals surface area contributed by atoms with E-state index >= 15 is 0 Å². The van der Waals surface area contributed by atoms with Crippen molar-refractivity contribution in [1.29, 1.82) is 0 Å². The van der Waals surface area contributed by atoms with Gasteiger partial charge in [-0.15, -0.1) is 0 Å². The van der Waals surface area contributed by atoms with Gasteiger partial charge in [-0.2, -0.15) is 0 Å². The average molecular weight is 349 g/mol. The van der Waals surface area contributed by atoms with Gasteiger partial charge in [0.1, 0.15) is 5.69 Å². The number of benzene rings is 4. The lowest BCUT2D eigenvalue weighted by atomic mass is 10.0. The maximum Gasteiger partial charge on any atom is 0.260 e. The number of aromatic nitrogens is 1. The second kappa shape index (κ2) is 6.22. The SMILES string of the molecule is O=Cc1nc(-c2ccc3ccccc3c2)c(-c2ccc3ccccc3c2)o1. The summed E-state index contributed by atoms with van der Waals surface area (Å²) in [7, 11) is 0. The lowest BCUT2D eigenvalue weighted by molar-refractivity contribution is 0.109. The van der Waals surface area contributed by atoms with E-state index in [0.29, 0.717) is 17.7 Å². The highest BCUT2D eigenvalue weighted by molar-refractivity contribution is 5.92. The van der Waals surface area contributed by atoms with Crippen molar-refractivity contribution in [2.75, 3.05) is 0 Å². The molecule has 5 rings (SSSR count). The summed E-state index contributed by atoms with van der Waals surface area (Å²) >= 11 is 0. The van der Waals surface area contributed by atoms with Gasteiger partial charge in [0, 0.05) is 11.1 Å². The van der Waals surface area contributed by atoms with Crippen molar-refractivity contribution in [3.05, 3.63) is 90.8 Å². The van der Waals surface area contributed by atoms with Gasteiger partial charge in [0.25, 0.3) is 5.89 Å². The standard InChI is InChI=1S/C24H15NO2/c26-15-22-25-23(20-11-9-16-5-1-3-7-18(16)13-20)24(27-22)21-12-10-17-6-2-4-8-19(17)14-21/h1-15H. The molecule has 0 fully saturated rings. The second-order valence-corrected chi connectivity index (χ2v) is 6.47. The minimum atomic E-state index is 0.0846. The number of oxazole rings is 1. The second-order valence-electron chi connectivity index (χ2n) is 6.47. The van der Waals surface area contributed by atoms with Crippen LogP contribution in [0.15, 0.2) is 89.3 Å². The highest BCUT2D eigenvalue weighted by Gasteiger charge is 2.17. The van der Waals surface area contributed by atoms with Crippen LogP contribution in [0.1, 0.15) is 10.7 Å². The van der Waals surface area contributed by atoms with E-state index in [-0.39, 0.29) is 5.89 Å². The largest absolute Gasteiger partial charge is 0.433 e. The first kappa shape index (κ1) is 15.5. The summed E-state index contributed by atoms with van der Waals surface area (Å²) < 4.78 is 5.79. The summed E-state index contributed by atoms with van der Waals surface area (Å²) in [5.41, 5.74) is 2.50. The number of fused-ring (bicyclic) bond motifs is 2. The van der Waals surface area contributed by atoms with Gasteiger partial charge in [0.05, 0.1) is 0 Å². The highest BCUT2D eigenvalue weighted by Crippen LogP contribution is 2.35. The summed E-state index contributed by atoms with van der Waals surface area (Å²) in [4.78, 5) is 15.7. The predicted octanol–water partition coefficient (Wildman–Crippen LogP) is 6.13. The van der Waals surface area contributed by atoms with Crippen LogP contribution in [0.2, 0.25) is 0 Å². The first-order valence-corrected chi connectivity index (χ1v) is 8.76. The number of hydrogen-bond acceptors (Lipinski definition) is 3. The Morgan fingerprint density at radius 1 is 0.667 bits per heavy atom. The summed E-state index contributed by atoms with van der Waals surface area (Å²) in [6, 6.07) is 28.6. The zero-order chi connectivity index (χ0) is 18.2. The fourth-order valence-electron chi connectivity index (χ4n) is 3.45. The van der Waals surface area contributed by atoms with Gasteiger partial charge < -0.3 is 4.42 Å². The summed E-state index contributed by atoms with van der Waals surface area (Å²) in [6.07, 6.45) is 0.648.